The van der Waals surface area contributed by atoms with Crippen molar-refractivity contribution < 1.29 is 9.90 Å². The van der Waals surface area contributed by atoms with E-state index in [1.54, 1.807) is 16.3 Å². The van der Waals surface area contributed by atoms with Gasteiger partial charge >= 0.3 is 0 Å². The number of carbonyl (C=O) groups is 1. The van der Waals surface area contributed by atoms with Crippen molar-refractivity contribution in [1.82, 2.24) is 4.90 Å². The van der Waals surface area contributed by atoms with Crippen molar-refractivity contribution in [3.63, 3.8) is 0 Å². The lowest BCUT2D eigenvalue weighted by atomic mass is 10.2. The molecule has 5 heteroatoms. The fourth-order valence-electron chi connectivity index (χ4n) is 1.81. The monoisotopic (exact) mass is 276 g/mol. The Morgan fingerprint density at radius 2 is 2.00 bits per heavy atom. The van der Waals surface area contributed by atoms with E-state index in [9.17, 15) is 4.79 Å². The molecular weight excluding hydrogens is 260 g/mol. The summed E-state index contributed by atoms with van der Waals surface area (Å²) in [5, 5.41) is 10.9. The van der Waals surface area contributed by atoms with E-state index < -0.39 is 0 Å². The van der Waals surface area contributed by atoms with Gasteiger partial charge in [0.1, 0.15) is 4.88 Å². The largest absolute Gasteiger partial charge is 0.397 e. The van der Waals surface area contributed by atoms with Crippen LogP contribution in [0.4, 0.5) is 5.69 Å². The first-order valence-corrected chi connectivity index (χ1v) is 6.87. The summed E-state index contributed by atoms with van der Waals surface area (Å²) < 4.78 is 0. The molecule has 4 nitrogen and oxygen atoms in total. The second-order valence-corrected chi connectivity index (χ2v) is 5.06. The van der Waals surface area contributed by atoms with Gasteiger partial charge in [-0.3, -0.25) is 4.79 Å². The van der Waals surface area contributed by atoms with E-state index in [0.29, 0.717) is 23.7 Å². The number of amides is 1. The third-order valence-corrected chi connectivity index (χ3v) is 3.68. The first-order chi connectivity index (χ1) is 9.22. The van der Waals surface area contributed by atoms with Crippen LogP contribution < -0.4 is 5.73 Å². The van der Waals surface area contributed by atoms with Gasteiger partial charge in [-0.15, -0.1) is 11.3 Å². The highest BCUT2D eigenvalue weighted by atomic mass is 32.1. The molecular formula is C14H16N2O2S. The Morgan fingerprint density at radius 3 is 2.58 bits per heavy atom. The number of anilines is 1. The third kappa shape index (κ3) is 3.33. The highest BCUT2D eigenvalue weighted by Crippen LogP contribution is 2.21. The number of rotatable bonds is 5. The maximum absolute atomic E-state index is 12.4. The molecule has 0 fully saturated rings. The normalized spacial score (nSPS) is 10.4. The van der Waals surface area contributed by atoms with Gasteiger partial charge in [-0.1, -0.05) is 30.3 Å². The molecule has 19 heavy (non-hydrogen) atoms. The van der Waals surface area contributed by atoms with Gasteiger partial charge in [0.2, 0.25) is 0 Å². The molecule has 0 spiro atoms. The summed E-state index contributed by atoms with van der Waals surface area (Å²) in [5.41, 5.74) is 7.29. The second kappa shape index (κ2) is 6.36. The van der Waals surface area contributed by atoms with Crippen LogP contribution in [-0.4, -0.2) is 29.1 Å². The van der Waals surface area contributed by atoms with Gasteiger partial charge in [-0.25, -0.2) is 0 Å². The maximum Gasteiger partial charge on any atom is 0.266 e. The molecule has 1 aromatic heterocycles. The average Bonchev–Trinajstić information content (AvgIpc) is 2.85. The SMILES string of the molecule is Nc1ccsc1C(=O)N(CCO)Cc1ccccc1. The Kier molecular flexibility index (Phi) is 4.54. The van der Waals surface area contributed by atoms with Crippen molar-refractivity contribution in [2.75, 3.05) is 18.9 Å². The molecule has 0 radical (unpaired) electrons. The number of aliphatic hydroxyl groups is 1. The molecule has 0 unspecified atom stereocenters. The van der Waals surface area contributed by atoms with Gasteiger partial charge in [-0.2, -0.15) is 0 Å². The molecule has 0 bridgehead atoms. The van der Waals surface area contributed by atoms with Gasteiger partial charge in [0, 0.05) is 13.1 Å². The summed E-state index contributed by atoms with van der Waals surface area (Å²) in [6.07, 6.45) is 0. The standard InChI is InChI=1S/C14H16N2O2S/c15-12-6-9-19-13(12)14(18)16(7-8-17)10-11-4-2-1-3-5-11/h1-6,9,17H,7-8,10,15H2. The smallest absolute Gasteiger partial charge is 0.266 e. The fraction of sp³-hybridized carbons (Fsp3) is 0.214. The highest BCUT2D eigenvalue weighted by molar-refractivity contribution is 7.12. The molecule has 1 heterocycles. The first-order valence-electron chi connectivity index (χ1n) is 5.99. The molecule has 0 saturated heterocycles. The van der Waals surface area contributed by atoms with Crippen LogP contribution in [0, 0.1) is 0 Å². The summed E-state index contributed by atoms with van der Waals surface area (Å²) in [6.45, 7) is 0.701. The number of hydrogen-bond donors (Lipinski definition) is 2. The minimum absolute atomic E-state index is 0.0656. The van der Waals surface area contributed by atoms with E-state index in [2.05, 4.69) is 0 Å². The first kappa shape index (κ1) is 13.6. The van der Waals surface area contributed by atoms with Crippen LogP contribution in [0.2, 0.25) is 0 Å². The number of nitrogens with zero attached hydrogens (tertiary/aromatic N) is 1. The van der Waals surface area contributed by atoms with Gasteiger partial charge in [0.25, 0.3) is 5.91 Å². The molecule has 100 valence electrons. The Morgan fingerprint density at radius 1 is 1.26 bits per heavy atom. The molecule has 3 N–H and O–H groups in total. The minimum atomic E-state index is -0.134. The third-order valence-electron chi connectivity index (χ3n) is 2.76. The van der Waals surface area contributed by atoms with Crippen molar-refractivity contribution in [2.45, 2.75) is 6.54 Å². The topological polar surface area (TPSA) is 66.6 Å². The molecule has 0 saturated carbocycles. The lowest BCUT2D eigenvalue weighted by Crippen LogP contribution is -2.33. The van der Waals surface area contributed by atoms with Gasteiger partial charge < -0.3 is 15.7 Å². The zero-order valence-electron chi connectivity index (χ0n) is 10.5. The van der Waals surface area contributed by atoms with E-state index >= 15 is 0 Å². The number of nitrogen functional groups attached to an aromatic ring is 1. The van der Waals surface area contributed by atoms with Crippen LogP contribution in [-0.2, 0) is 6.54 Å². The zero-order valence-corrected chi connectivity index (χ0v) is 11.3. The van der Waals surface area contributed by atoms with Gasteiger partial charge in [0.05, 0.1) is 12.3 Å². The number of carbonyl (C=O) groups excluding carboxylic acids is 1. The average molecular weight is 276 g/mol. The number of aliphatic hydroxyl groups excluding tert-OH is 1. The molecule has 0 aliphatic carbocycles. The summed E-state index contributed by atoms with van der Waals surface area (Å²) in [6, 6.07) is 11.4. The predicted octanol–water partition coefficient (Wildman–Crippen LogP) is 1.97. The van der Waals surface area contributed by atoms with Crippen LogP contribution in [0.3, 0.4) is 0 Å². The van der Waals surface area contributed by atoms with Gasteiger partial charge in [-0.05, 0) is 17.0 Å². The predicted molar refractivity (Wildman–Crippen MR) is 77.0 cm³/mol. The van der Waals surface area contributed by atoms with Gasteiger partial charge in [0.15, 0.2) is 0 Å². The molecule has 0 aliphatic heterocycles. The molecule has 1 aromatic carbocycles. The number of benzene rings is 1. The molecule has 2 aromatic rings. The summed E-state index contributed by atoms with van der Waals surface area (Å²) in [4.78, 5) is 14.5. The zero-order chi connectivity index (χ0) is 13.7. The van der Waals surface area contributed by atoms with Crippen LogP contribution in [0.15, 0.2) is 41.8 Å². The number of thiophene rings is 1. The van der Waals surface area contributed by atoms with Crippen molar-refractivity contribution in [1.29, 1.82) is 0 Å². The van der Waals surface area contributed by atoms with Crippen molar-refractivity contribution in [3.8, 4) is 0 Å². The Bertz CT molecular complexity index is 539. The minimum Gasteiger partial charge on any atom is -0.397 e. The maximum atomic E-state index is 12.4. The molecule has 1 amide bonds. The van der Waals surface area contributed by atoms with Crippen LogP contribution >= 0.6 is 11.3 Å². The Hall–Kier alpha value is -1.85. The van der Waals surface area contributed by atoms with E-state index in [0.717, 1.165) is 5.56 Å². The summed E-state index contributed by atoms with van der Waals surface area (Å²) >= 11 is 1.32. The van der Waals surface area contributed by atoms with Crippen molar-refractivity contribution in [2.24, 2.45) is 0 Å². The fourth-order valence-corrected chi connectivity index (χ4v) is 2.60. The summed E-state index contributed by atoms with van der Waals surface area (Å²) in [5.74, 6) is -0.134. The van der Waals surface area contributed by atoms with Crippen LogP contribution in [0.1, 0.15) is 15.2 Å². The summed E-state index contributed by atoms with van der Waals surface area (Å²) in [7, 11) is 0. The van der Waals surface area contributed by atoms with Crippen molar-refractivity contribution in [3.05, 3.63) is 52.2 Å². The quantitative estimate of drug-likeness (QED) is 0.877. The lowest BCUT2D eigenvalue weighted by Gasteiger charge is -2.21. The van der Waals surface area contributed by atoms with E-state index in [1.807, 2.05) is 30.3 Å². The van der Waals surface area contributed by atoms with Crippen molar-refractivity contribution >= 4 is 22.9 Å². The molecule has 2 rings (SSSR count). The van der Waals surface area contributed by atoms with E-state index in [1.165, 1.54) is 11.3 Å². The number of hydrogen-bond acceptors (Lipinski definition) is 4. The Labute approximate surface area is 116 Å². The van der Waals surface area contributed by atoms with E-state index in [4.69, 9.17) is 10.8 Å². The Balaban J connectivity index is 2.16. The molecule has 0 atom stereocenters. The second-order valence-electron chi connectivity index (χ2n) is 4.14. The van der Waals surface area contributed by atoms with Crippen LogP contribution in [0.25, 0.3) is 0 Å². The number of nitrogens with two attached hydrogens (primary N) is 1. The van der Waals surface area contributed by atoms with Crippen LogP contribution in [0.5, 0.6) is 0 Å². The highest BCUT2D eigenvalue weighted by Gasteiger charge is 2.19. The lowest BCUT2D eigenvalue weighted by molar-refractivity contribution is 0.0713. The molecule has 0 aliphatic rings. The van der Waals surface area contributed by atoms with E-state index in [-0.39, 0.29) is 12.5 Å².